The van der Waals surface area contributed by atoms with Gasteiger partial charge in [0.25, 0.3) is 0 Å². The summed E-state index contributed by atoms with van der Waals surface area (Å²) in [4.78, 5) is 0. The summed E-state index contributed by atoms with van der Waals surface area (Å²) < 4.78 is 2.94. The van der Waals surface area contributed by atoms with Crippen LogP contribution in [0, 0.1) is 0 Å². The number of thiophene rings is 1. The molecule has 0 atom stereocenters. The predicted octanol–water partition coefficient (Wildman–Crippen LogP) is 14.4. The first kappa shape index (κ1) is 29.9. The molecule has 2 heterocycles. The average Bonchev–Trinajstić information content (AvgIpc) is 3.88. The summed E-state index contributed by atoms with van der Waals surface area (Å²) in [6.45, 7) is 0. The van der Waals surface area contributed by atoms with Gasteiger partial charge < -0.3 is 0 Å². The van der Waals surface area contributed by atoms with E-state index in [2.05, 4.69) is 181 Å². The summed E-state index contributed by atoms with van der Waals surface area (Å²) in [5, 5.41) is 17.7. The van der Waals surface area contributed by atoms with Crippen LogP contribution in [0.4, 0.5) is 0 Å². The van der Waals surface area contributed by atoms with Crippen LogP contribution in [-0.2, 0) is 0 Å². The number of fused-ring (bicyclic) bond motifs is 7. The van der Waals surface area contributed by atoms with Crippen molar-refractivity contribution in [3.63, 3.8) is 0 Å². The Kier molecular flexibility index (Phi) is 6.85. The van der Waals surface area contributed by atoms with Crippen LogP contribution in [-0.4, -0.2) is 14.5 Å². The SMILES string of the molecule is c1ccc(-c2c3ccccc3c(-c3ccc4[se]c5c(-c6c7ccccc7c(-c7ccsc7)c7ccccc67)cccc5c4c3)c3ccccc23)cc1. The zero-order valence-corrected chi connectivity index (χ0v) is 30.7. The van der Waals surface area contributed by atoms with Gasteiger partial charge in [-0.3, -0.25) is 0 Å². The Morgan fingerprint density at radius 1 is 0.327 bits per heavy atom. The second-order valence-electron chi connectivity index (χ2n) is 13.6. The minimum atomic E-state index is 0.176. The molecule has 242 valence electrons. The molecule has 2 aromatic heterocycles. The molecule has 0 spiro atoms. The Hall–Kier alpha value is -5.76. The molecule has 9 aromatic carbocycles. The van der Waals surface area contributed by atoms with Crippen LogP contribution < -0.4 is 0 Å². The fourth-order valence-corrected chi connectivity index (χ4v) is 11.8. The van der Waals surface area contributed by atoms with Crippen LogP contribution in [0.2, 0.25) is 0 Å². The first-order valence-electron chi connectivity index (χ1n) is 17.7. The van der Waals surface area contributed by atoms with Gasteiger partial charge in [-0.15, -0.1) is 0 Å². The van der Waals surface area contributed by atoms with Gasteiger partial charge in [0.15, 0.2) is 0 Å². The first-order valence-corrected chi connectivity index (χ1v) is 20.4. The average molecular weight is 742 g/mol. The van der Waals surface area contributed by atoms with Crippen molar-refractivity contribution in [3.05, 3.63) is 181 Å². The van der Waals surface area contributed by atoms with Gasteiger partial charge in [-0.25, -0.2) is 0 Å². The molecule has 0 nitrogen and oxygen atoms in total. The second-order valence-corrected chi connectivity index (χ2v) is 16.5. The fraction of sp³-hybridized carbons (Fsp3) is 0. The van der Waals surface area contributed by atoms with Gasteiger partial charge in [0.2, 0.25) is 0 Å². The van der Waals surface area contributed by atoms with Crippen molar-refractivity contribution in [2.75, 3.05) is 0 Å². The summed E-state index contributed by atoms with van der Waals surface area (Å²) in [6.07, 6.45) is 0. The molecule has 0 radical (unpaired) electrons. The number of hydrogen-bond acceptors (Lipinski definition) is 1. The molecule has 0 fully saturated rings. The van der Waals surface area contributed by atoms with E-state index in [1.165, 1.54) is 107 Å². The van der Waals surface area contributed by atoms with Crippen molar-refractivity contribution in [1.29, 1.82) is 0 Å². The van der Waals surface area contributed by atoms with Crippen LogP contribution in [0.5, 0.6) is 0 Å². The Labute approximate surface area is 311 Å². The van der Waals surface area contributed by atoms with Gasteiger partial charge in [0, 0.05) is 0 Å². The van der Waals surface area contributed by atoms with E-state index >= 15 is 0 Å². The Morgan fingerprint density at radius 2 is 0.808 bits per heavy atom. The van der Waals surface area contributed by atoms with Crippen LogP contribution >= 0.6 is 11.3 Å². The summed E-state index contributed by atoms with van der Waals surface area (Å²) in [5.41, 5.74) is 10.5. The molecule has 0 unspecified atom stereocenters. The number of hydrogen-bond donors (Lipinski definition) is 0. The van der Waals surface area contributed by atoms with Gasteiger partial charge in [-0.05, 0) is 0 Å². The standard InChI is InChI=1S/C50H30SSe/c1-2-13-31(14-3-1)46-34-15-4-6-17-36(34)47(37-18-7-5-16-35(37)46)32-25-26-45-44(29-32)42-23-12-24-43(50(42)52-45)49-40-21-10-8-19-38(40)48(33-27-28-51-30-33)39-20-9-11-22-41(39)49/h1-30H. The monoisotopic (exact) mass is 742 g/mol. The molecule has 11 aromatic rings. The van der Waals surface area contributed by atoms with Crippen molar-refractivity contribution in [3.8, 4) is 44.5 Å². The third-order valence-electron chi connectivity index (χ3n) is 10.8. The van der Waals surface area contributed by atoms with E-state index < -0.39 is 0 Å². The normalized spacial score (nSPS) is 11.8. The van der Waals surface area contributed by atoms with Crippen molar-refractivity contribution in [2.24, 2.45) is 0 Å². The molecule has 0 saturated heterocycles. The molecule has 0 aliphatic carbocycles. The molecule has 0 N–H and O–H groups in total. The molecule has 52 heavy (non-hydrogen) atoms. The Balaban J connectivity index is 1.18. The van der Waals surface area contributed by atoms with Crippen LogP contribution in [0.15, 0.2) is 181 Å². The molecular formula is C50H30SSe. The van der Waals surface area contributed by atoms with Gasteiger partial charge in [0.1, 0.15) is 0 Å². The van der Waals surface area contributed by atoms with Crippen molar-refractivity contribution < 1.29 is 0 Å². The molecule has 0 amide bonds. The third kappa shape index (κ3) is 4.46. The van der Waals surface area contributed by atoms with Crippen molar-refractivity contribution in [1.82, 2.24) is 0 Å². The third-order valence-corrected chi connectivity index (χ3v) is 14.0. The van der Waals surface area contributed by atoms with E-state index in [0.29, 0.717) is 0 Å². The van der Waals surface area contributed by atoms with Crippen LogP contribution in [0.3, 0.4) is 0 Å². The van der Waals surface area contributed by atoms with Crippen molar-refractivity contribution in [2.45, 2.75) is 0 Å². The minimum absolute atomic E-state index is 0.176. The molecule has 0 bridgehead atoms. The second kappa shape index (κ2) is 11.9. The van der Waals surface area contributed by atoms with Crippen LogP contribution in [0.25, 0.3) is 107 Å². The van der Waals surface area contributed by atoms with Crippen LogP contribution in [0.1, 0.15) is 0 Å². The van der Waals surface area contributed by atoms with E-state index in [-0.39, 0.29) is 14.5 Å². The summed E-state index contributed by atoms with van der Waals surface area (Å²) in [7, 11) is 0. The summed E-state index contributed by atoms with van der Waals surface area (Å²) in [5.74, 6) is 0. The number of benzene rings is 9. The van der Waals surface area contributed by atoms with Crippen molar-refractivity contribution >= 4 is 88.2 Å². The maximum atomic E-state index is 2.49. The van der Waals surface area contributed by atoms with E-state index in [1.54, 1.807) is 11.3 Å². The van der Waals surface area contributed by atoms with Gasteiger partial charge in [-0.1, -0.05) is 0 Å². The van der Waals surface area contributed by atoms with E-state index in [1.807, 2.05) is 0 Å². The molecule has 0 aliphatic rings. The maximum absolute atomic E-state index is 2.49. The Morgan fingerprint density at radius 3 is 1.35 bits per heavy atom. The first-order chi connectivity index (χ1) is 25.8. The molecule has 2 heteroatoms. The Bertz CT molecular complexity index is 3050. The van der Waals surface area contributed by atoms with E-state index in [4.69, 9.17) is 0 Å². The zero-order chi connectivity index (χ0) is 34.2. The summed E-state index contributed by atoms with van der Waals surface area (Å²) >= 11 is 1.94. The predicted molar refractivity (Wildman–Crippen MR) is 228 cm³/mol. The van der Waals surface area contributed by atoms with Gasteiger partial charge >= 0.3 is 313 Å². The quantitative estimate of drug-likeness (QED) is 0.124. The van der Waals surface area contributed by atoms with Gasteiger partial charge in [-0.2, -0.15) is 0 Å². The topological polar surface area (TPSA) is 0 Å². The fourth-order valence-electron chi connectivity index (χ4n) is 8.64. The van der Waals surface area contributed by atoms with Gasteiger partial charge in [0.05, 0.1) is 0 Å². The summed E-state index contributed by atoms with van der Waals surface area (Å²) in [6, 6.07) is 63.4. The molecule has 0 saturated carbocycles. The van der Waals surface area contributed by atoms with E-state index in [9.17, 15) is 0 Å². The zero-order valence-electron chi connectivity index (χ0n) is 28.1. The number of rotatable bonds is 4. The molecule has 11 rings (SSSR count). The van der Waals surface area contributed by atoms with E-state index in [0.717, 1.165) is 0 Å². The molecular weight excluding hydrogens is 712 g/mol. The molecule has 0 aliphatic heterocycles.